The molecule has 0 heterocycles. The Hall–Kier alpha value is 0.504. The summed E-state index contributed by atoms with van der Waals surface area (Å²) in [5, 5.41) is 0. The molecule has 0 rings (SSSR count). The molecule has 0 N–H and O–H groups in total. The molecule has 4 heteroatoms. The summed E-state index contributed by atoms with van der Waals surface area (Å²) in [6.07, 6.45) is 0.0833. The Labute approximate surface area is 82.6 Å². The summed E-state index contributed by atoms with van der Waals surface area (Å²) in [5.74, 6) is -0.125. The molecule has 2 radical (unpaired) electrons. The van der Waals surface area contributed by atoms with Crippen LogP contribution in [-0.4, -0.2) is 11.6 Å². The summed E-state index contributed by atoms with van der Waals surface area (Å²) in [5.41, 5.74) is 0. The molecular formula is C5H8FO2Tm. The Morgan fingerprint density at radius 1 is 1.11 bits per heavy atom. The molecule has 0 saturated heterocycles. The summed E-state index contributed by atoms with van der Waals surface area (Å²) in [4.78, 5) is 20.1. The van der Waals surface area contributed by atoms with Crippen LogP contribution in [0.2, 0.25) is 0 Å². The van der Waals surface area contributed by atoms with E-state index in [1.165, 1.54) is 13.8 Å². The van der Waals surface area contributed by atoms with Crippen LogP contribution in [0, 0.1) is 36.9 Å². The van der Waals surface area contributed by atoms with Gasteiger partial charge in [-0.3, -0.25) is 9.59 Å². The van der Waals surface area contributed by atoms with E-state index in [1.54, 1.807) is 0 Å². The average Bonchev–Trinajstić information content (AvgIpc) is 1.27. The first kappa shape index (κ1) is 16.2. The summed E-state index contributed by atoms with van der Waals surface area (Å²) in [7, 11) is 0. The van der Waals surface area contributed by atoms with Crippen molar-refractivity contribution >= 4 is 11.6 Å². The van der Waals surface area contributed by atoms with E-state index in [4.69, 9.17) is 0 Å². The van der Waals surface area contributed by atoms with E-state index >= 15 is 0 Å². The summed E-state index contributed by atoms with van der Waals surface area (Å²) >= 11 is 0. The van der Waals surface area contributed by atoms with Crippen molar-refractivity contribution in [3.05, 3.63) is 0 Å². The molecule has 0 aliphatic rings. The third-order valence-corrected chi connectivity index (χ3v) is 0.498. The molecule has 0 spiro atoms. The largest absolute Gasteiger partial charge is 0.300 e. The molecule has 0 aromatic heterocycles. The molecule has 0 amide bonds. The van der Waals surface area contributed by atoms with Gasteiger partial charge in [0.25, 0.3) is 0 Å². The van der Waals surface area contributed by atoms with Crippen LogP contribution in [0.25, 0.3) is 0 Å². The van der Waals surface area contributed by atoms with Gasteiger partial charge in [-0.15, -0.1) is 0 Å². The Balaban J connectivity index is -0.000000180. The van der Waals surface area contributed by atoms with Gasteiger partial charge >= 0.3 is 0 Å². The maximum absolute atomic E-state index is 10.0. The van der Waals surface area contributed by atoms with Gasteiger partial charge in [0.15, 0.2) is 0 Å². The van der Waals surface area contributed by atoms with Crippen molar-refractivity contribution in [2.75, 3.05) is 0 Å². The van der Waals surface area contributed by atoms with Crippen molar-refractivity contribution in [3.8, 4) is 0 Å². The number of Topliss-reactive ketones (excluding diaryl/α,β-unsaturated/α-hetero) is 2. The van der Waals surface area contributed by atoms with E-state index in [2.05, 4.69) is 0 Å². The predicted molar refractivity (Wildman–Crippen MR) is 27.1 cm³/mol. The number of carbonyl (C=O) groups excluding carboxylic acids is 2. The van der Waals surface area contributed by atoms with Crippen LogP contribution in [0.1, 0.15) is 20.3 Å². The third kappa shape index (κ3) is 17.7. The fraction of sp³-hybridized carbons (Fsp3) is 0.600. The van der Waals surface area contributed by atoms with Gasteiger partial charge in [0.2, 0.25) is 0 Å². The Bertz CT molecular complexity index is 91.1. The van der Waals surface area contributed by atoms with Crippen LogP contribution in [0.3, 0.4) is 0 Å². The molecule has 0 saturated carbocycles. The second-order valence-electron chi connectivity index (χ2n) is 1.58. The van der Waals surface area contributed by atoms with Crippen molar-refractivity contribution in [2.24, 2.45) is 0 Å². The van der Waals surface area contributed by atoms with Gasteiger partial charge < -0.3 is 0 Å². The fourth-order valence-corrected chi connectivity index (χ4v) is 0.351. The number of hydrogen-bond acceptors (Lipinski definition) is 2. The maximum atomic E-state index is 10.0. The Morgan fingerprint density at radius 3 is 1.33 bits per heavy atom. The molecule has 0 aliphatic heterocycles. The second kappa shape index (κ2) is 8.50. The molecule has 0 aliphatic carbocycles. The van der Waals surface area contributed by atoms with Crippen LogP contribution in [0.4, 0.5) is 4.70 Å². The van der Waals surface area contributed by atoms with Crippen LogP contribution in [-0.2, 0) is 9.59 Å². The minimum absolute atomic E-state index is 0. The molecule has 0 unspecified atom stereocenters. The predicted octanol–water partition coefficient (Wildman–Crippen LogP) is 0.975. The fourth-order valence-electron chi connectivity index (χ4n) is 0.351. The normalized spacial score (nSPS) is 6.44. The number of halogens is 1. The van der Waals surface area contributed by atoms with Crippen molar-refractivity contribution in [3.63, 3.8) is 0 Å². The van der Waals surface area contributed by atoms with Crippen molar-refractivity contribution < 1.29 is 51.2 Å². The van der Waals surface area contributed by atoms with E-state index in [-0.39, 0.29) is 59.6 Å². The van der Waals surface area contributed by atoms with Gasteiger partial charge in [0.05, 0.1) is 6.42 Å². The zero-order valence-electron chi connectivity index (χ0n) is 5.18. The Kier molecular flexibility index (Phi) is 15.4. The quantitative estimate of drug-likeness (QED) is 0.710. The number of hydrogen-bond donors (Lipinski definition) is 0. The molecule has 0 aromatic rings. The first-order chi connectivity index (χ1) is 3.13. The van der Waals surface area contributed by atoms with Crippen LogP contribution < -0.4 is 0 Å². The van der Waals surface area contributed by atoms with Gasteiger partial charge in [-0.2, -0.15) is 0 Å². The minimum atomic E-state index is -0.0625. The van der Waals surface area contributed by atoms with Crippen molar-refractivity contribution in [1.82, 2.24) is 0 Å². The molecule has 2 nitrogen and oxygen atoms in total. The molecule has 0 fully saturated rings. The Morgan fingerprint density at radius 2 is 1.33 bits per heavy atom. The van der Waals surface area contributed by atoms with E-state index in [1.807, 2.05) is 0 Å². The first-order valence-corrected chi connectivity index (χ1v) is 2.12. The van der Waals surface area contributed by atoms with E-state index in [9.17, 15) is 9.59 Å². The number of rotatable bonds is 2. The van der Waals surface area contributed by atoms with Gasteiger partial charge in [0, 0.05) is 41.6 Å². The maximum Gasteiger partial charge on any atom is 0.137 e. The molecule has 9 heavy (non-hydrogen) atoms. The van der Waals surface area contributed by atoms with Crippen LogP contribution in [0.15, 0.2) is 0 Å². The van der Waals surface area contributed by atoms with Gasteiger partial charge in [0.1, 0.15) is 11.6 Å². The zero-order valence-corrected chi connectivity index (χ0v) is 6.96. The smallest absolute Gasteiger partial charge is 0.137 e. The average molecular weight is 288 g/mol. The number of ketones is 2. The summed E-state index contributed by atoms with van der Waals surface area (Å²) < 4.78 is 0. The monoisotopic (exact) mass is 288 g/mol. The SMILES string of the molecule is CC(=O)CC(C)=O.[F].[Tm]. The minimum Gasteiger partial charge on any atom is -0.300 e. The number of carbonyl (C=O) groups is 2. The third-order valence-electron chi connectivity index (χ3n) is 0.498. The van der Waals surface area contributed by atoms with Gasteiger partial charge in [-0.25, -0.2) is 0 Å². The summed E-state index contributed by atoms with van der Waals surface area (Å²) in [6.45, 7) is 2.81. The molecule has 60 valence electrons. The topological polar surface area (TPSA) is 34.1 Å². The van der Waals surface area contributed by atoms with Crippen LogP contribution >= 0.6 is 0 Å². The zero-order chi connectivity index (χ0) is 5.86. The second-order valence-corrected chi connectivity index (χ2v) is 1.58. The molecular weight excluding hydrogens is 280 g/mol. The van der Waals surface area contributed by atoms with Crippen molar-refractivity contribution in [1.29, 1.82) is 0 Å². The molecule has 0 atom stereocenters. The molecule has 0 bridgehead atoms. The van der Waals surface area contributed by atoms with E-state index in [0.717, 1.165) is 0 Å². The van der Waals surface area contributed by atoms with Crippen molar-refractivity contribution in [2.45, 2.75) is 20.3 Å². The first-order valence-electron chi connectivity index (χ1n) is 2.12. The van der Waals surface area contributed by atoms with Gasteiger partial charge in [-0.1, -0.05) is 0 Å². The van der Waals surface area contributed by atoms with Crippen LogP contribution in [0.5, 0.6) is 0 Å². The molecule has 0 aromatic carbocycles. The van der Waals surface area contributed by atoms with E-state index in [0.29, 0.717) is 0 Å². The van der Waals surface area contributed by atoms with Gasteiger partial charge in [-0.05, 0) is 13.8 Å². The van der Waals surface area contributed by atoms with E-state index < -0.39 is 0 Å². The standard InChI is InChI=1S/C5H8O2.F.Tm/c1-4(6)3-5(2)7;;/h3H2,1-2H3;;. The summed E-state index contributed by atoms with van der Waals surface area (Å²) in [6, 6.07) is 0.